The maximum absolute atomic E-state index is 5.22. The van der Waals surface area contributed by atoms with Crippen LogP contribution in [0.15, 0.2) is 0 Å². The molecule has 0 saturated carbocycles. The van der Waals surface area contributed by atoms with E-state index in [0.29, 0.717) is 19.8 Å². The molecule has 0 amide bonds. The molecule has 0 atom stereocenters. The Hall–Kier alpha value is 0.412. The second-order valence-corrected chi connectivity index (χ2v) is 3.23. The third-order valence-electron chi connectivity index (χ3n) is 0.908. The summed E-state index contributed by atoms with van der Waals surface area (Å²) in [5.41, 5.74) is 0. The van der Waals surface area contributed by atoms with Crippen molar-refractivity contribution in [1.29, 1.82) is 0 Å². The van der Waals surface area contributed by atoms with Crippen molar-refractivity contribution in [2.45, 2.75) is 20.8 Å². The Bertz CT molecular complexity index is 60.6. The van der Waals surface area contributed by atoms with Crippen LogP contribution < -0.4 is 0 Å². The number of hydrogen-bond donors (Lipinski definition) is 0. The van der Waals surface area contributed by atoms with Crippen molar-refractivity contribution in [3.63, 3.8) is 0 Å². The van der Waals surface area contributed by atoms with Gasteiger partial charge < -0.3 is 11.4 Å². The maximum Gasteiger partial charge on any atom is 0.905 e. The fourth-order valence-electron chi connectivity index (χ4n) is 0.553. The lowest BCUT2D eigenvalue weighted by atomic mass is 10.9. The largest absolute Gasteiger partial charge is 0.905 e. The van der Waals surface area contributed by atoms with Gasteiger partial charge in [0.1, 0.15) is 0 Å². The molecular weight excluding hydrogens is 147 g/mol. The van der Waals surface area contributed by atoms with E-state index in [9.17, 15) is 0 Å². The molecule has 62 valence electrons. The van der Waals surface area contributed by atoms with Crippen LogP contribution >= 0.6 is 0 Å². The minimum atomic E-state index is -1.73. The smallest absolute Gasteiger partial charge is 0.455 e. The highest BCUT2D eigenvalue weighted by atomic mass is 27.3. The molecule has 0 N–H and O–H groups in total. The van der Waals surface area contributed by atoms with E-state index in [0.717, 1.165) is 0 Å². The molecule has 0 unspecified atom stereocenters. The Balaban J connectivity index is 0. The van der Waals surface area contributed by atoms with Gasteiger partial charge in [0.2, 0.25) is 0 Å². The van der Waals surface area contributed by atoms with Crippen molar-refractivity contribution in [2.75, 3.05) is 19.8 Å². The summed E-state index contributed by atoms with van der Waals surface area (Å²) in [6, 6.07) is 0. The van der Waals surface area contributed by atoms with Crippen molar-refractivity contribution in [3.05, 3.63) is 0 Å². The van der Waals surface area contributed by atoms with E-state index < -0.39 is 15.1 Å². The van der Waals surface area contributed by atoms with E-state index in [1.165, 1.54) is 0 Å². The van der Waals surface area contributed by atoms with Crippen LogP contribution in [0.3, 0.4) is 0 Å². The van der Waals surface area contributed by atoms with Crippen LogP contribution in [-0.4, -0.2) is 35.0 Å². The van der Waals surface area contributed by atoms with E-state index in [1.807, 2.05) is 20.8 Å². The number of rotatable bonds is 6. The molecule has 0 aromatic heterocycles. The van der Waals surface area contributed by atoms with Gasteiger partial charge >= 0.3 is 15.1 Å². The summed E-state index contributed by atoms with van der Waals surface area (Å²) < 4.78 is 15.7. The molecule has 0 heterocycles. The second kappa shape index (κ2) is 7.52. The molecule has 0 bridgehead atoms. The summed E-state index contributed by atoms with van der Waals surface area (Å²) in [6.45, 7) is 7.86. The summed E-state index contributed by atoms with van der Waals surface area (Å²) in [5, 5.41) is 0. The Morgan fingerprint density at radius 2 is 1.20 bits per heavy atom. The minimum absolute atomic E-state index is 0. The molecule has 0 saturated heterocycles. The highest BCUT2D eigenvalue weighted by Gasteiger charge is 2.28. The van der Waals surface area contributed by atoms with Crippen LogP contribution in [-0.2, 0) is 11.4 Å². The Kier molecular flexibility index (Phi) is 7.83. The van der Waals surface area contributed by atoms with Gasteiger partial charge in [-0.1, -0.05) is 0 Å². The van der Waals surface area contributed by atoms with Gasteiger partial charge in [0.15, 0.2) is 0 Å². The highest BCUT2D eigenvalue weighted by Crippen LogP contribution is 1.90. The lowest BCUT2D eigenvalue weighted by Crippen LogP contribution is -2.27. The second-order valence-electron chi connectivity index (χ2n) is 1.65. The molecule has 4 heteroatoms. The molecule has 3 nitrogen and oxygen atoms in total. The Labute approximate surface area is 69.2 Å². The molecule has 0 aliphatic carbocycles. The monoisotopic (exact) mass is 164 g/mol. The van der Waals surface area contributed by atoms with E-state index in [1.54, 1.807) is 0 Å². The average molecular weight is 164 g/mol. The zero-order chi connectivity index (χ0) is 7.82. The van der Waals surface area contributed by atoms with Gasteiger partial charge in [-0.2, -0.15) is 0 Å². The number of hydrogen-bond acceptors (Lipinski definition) is 3. The maximum atomic E-state index is 5.22. The lowest BCUT2D eigenvalue weighted by molar-refractivity contribution is 0.107. The minimum Gasteiger partial charge on any atom is -0.455 e. The van der Waals surface area contributed by atoms with Crippen molar-refractivity contribution in [1.82, 2.24) is 0 Å². The van der Waals surface area contributed by atoms with Gasteiger partial charge in [0.05, 0.1) is 0 Å². The summed E-state index contributed by atoms with van der Waals surface area (Å²) in [7, 11) is 0. The molecule has 0 aromatic rings. The summed E-state index contributed by atoms with van der Waals surface area (Å²) in [4.78, 5) is 0. The first-order chi connectivity index (χ1) is 4.85. The third kappa shape index (κ3) is 5.22. The van der Waals surface area contributed by atoms with Crippen LogP contribution in [0.2, 0.25) is 0 Å². The zero-order valence-electron chi connectivity index (χ0n) is 6.92. The van der Waals surface area contributed by atoms with Crippen LogP contribution in [0.5, 0.6) is 0 Å². The molecule has 0 aromatic carbocycles. The van der Waals surface area contributed by atoms with E-state index in [2.05, 4.69) is 0 Å². The predicted molar refractivity (Wildman–Crippen MR) is 42.7 cm³/mol. The highest BCUT2D eigenvalue weighted by molar-refractivity contribution is 6.36. The molecule has 0 rings (SSSR count). The van der Waals surface area contributed by atoms with Crippen molar-refractivity contribution < 1.29 is 12.8 Å². The first kappa shape index (κ1) is 10.4. The molecule has 0 aliphatic heterocycles. The first-order valence-corrected chi connectivity index (χ1v) is 5.11. The van der Waals surface area contributed by atoms with Crippen LogP contribution in [0.4, 0.5) is 0 Å². The average Bonchev–Trinajstić information content (AvgIpc) is 1.90. The Morgan fingerprint density at radius 1 is 0.900 bits per heavy atom. The van der Waals surface area contributed by atoms with Crippen molar-refractivity contribution >= 4 is 15.1 Å². The molecule has 10 heavy (non-hydrogen) atoms. The van der Waals surface area contributed by atoms with Crippen LogP contribution in [0, 0.1) is 0 Å². The van der Waals surface area contributed by atoms with Gasteiger partial charge in [-0.15, -0.1) is 0 Å². The lowest BCUT2D eigenvalue weighted by Gasteiger charge is -2.08. The first-order valence-electron chi connectivity index (χ1n) is 3.69. The summed E-state index contributed by atoms with van der Waals surface area (Å²) in [5.74, 6) is 0. The third-order valence-corrected chi connectivity index (χ3v) is 2.72. The molecule has 0 spiro atoms. The normalized spacial score (nSPS) is 9.90. The standard InChI is InChI=1S/3C2H5O.Al.H2/c3*1-2-3;;/h3*2H2,1H3;;1H/q3*-1;+3;. The SMILES string of the molecule is CC[O][Al]([O]CC)[O]CC.[HH]. The van der Waals surface area contributed by atoms with Crippen molar-refractivity contribution in [3.8, 4) is 0 Å². The fraction of sp³-hybridized carbons (Fsp3) is 1.00. The predicted octanol–water partition coefficient (Wildman–Crippen LogP) is 1.33. The summed E-state index contributed by atoms with van der Waals surface area (Å²) >= 11 is -1.73. The van der Waals surface area contributed by atoms with E-state index in [4.69, 9.17) is 11.4 Å². The Morgan fingerprint density at radius 3 is 1.40 bits per heavy atom. The molecule has 0 fully saturated rings. The quantitative estimate of drug-likeness (QED) is 0.554. The zero-order valence-corrected chi connectivity index (χ0v) is 8.08. The van der Waals surface area contributed by atoms with E-state index in [-0.39, 0.29) is 1.43 Å². The van der Waals surface area contributed by atoms with Gasteiger partial charge in [-0.3, -0.25) is 0 Å². The van der Waals surface area contributed by atoms with Crippen molar-refractivity contribution in [2.24, 2.45) is 0 Å². The molecular formula is C6H17AlO3. The van der Waals surface area contributed by atoms with Gasteiger partial charge in [-0.25, -0.2) is 0 Å². The van der Waals surface area contributed by atoms with Gasteiger partial charge in [0.25, 0.3) is 0 Å². The fourth-order valence-corrected chi connectivity index (χ4v) is 1.66. The van der Waals surface area contributed by atoms with Gasteiger partial charge in [0, 0.05) is 21.2 Å². The summed E-state index contributed by atoms with van der Waals surface area (Å²) in [6.07, 6.45) is 0. The van der Waals surface area contributed by atoms with Crippen LogP contribution in [0.1, 0.15) is 22.2 Å². The molecule has 0 radical (unpaired) electrons. The molecule has 0 aliphatic rings. The van der Waals surface area contributed by atoms with Crippen LogP contribution in [0.25, 0.3) is 0 Å². The van der Waals surface area contributed by atoms with Gasteiger partial charge in [-0.05, 0) is 20.8 Å². The topological polar surface area (TPSA) is 27.7 Å². The van der Waals surface area contributed by atoms with E-state index >= 15 is 0 Å².